The van der Waals surface area contributed by atoms with E-state index in [1.54, 1.807) is 4.31 Å². The second kappa shape index (κ2) is 3.24. The molecule has 0 unspecified atom stereocenters. The molecule has 1 saturated heterocycles. The van der Waals surface area contributed by atoms with Gasteiger partial charge in [-0.05, 0) is 26.2 Å². The number of sulfonamides is 1. The predicted molar refractivity (Wildman–Crippen MR) is 54.0 cm³/mol. The molecule has 0 spiro atoms. The van der Waals surface area contributed by atoms with Gasteiger partial charge >= 0.3 is 0 Å². The van der Waals surface area contributed by atoms with E-state index in [1.807, 2.05) is 27.7 Å². The summed E-state index contributed by atoms with van der Waals surface area (Å²) >= 11 is 0. The van der Waals surface area contributed by atoms with Crippen LogP contribution in [0.4, 0.5) is 0 Å². The molecule has 4 heteroatoms. The minimum Gasteiger partial charge on any atom is -0.212 e. The van der Waals surface area contributed by atoms with Crippen molar-refractivity contribution in [3.63, 3.8) is 0 Å². The Balaban J connectivity index is 2.91. The minimum atomic E-state index is -3.07. The molecule has 1 heterocycles. The topological polar surface area (TPSA) is 37.4 Å². The van der Waals surface area contributed by atoms with Gasteiger partial charge in [-0.15, -0.1) is 0 Å². The summed E-state index contributed by atoms with van der Waals surface area (Å²) in [6, 6.07) is 0. The van der Waals surface area contributed by atoms with Crippen LogP contribution in [-0.2, 0) is 10.0 Å². The van der Waals surface area contributed by atoms with Gasteiger partial charge in [-0.1, -0.05) is 13.8 Å². The van der Waals surface area contributed by atoms with Crippen molar-refractivity contribution in [3.8, 4) is 0 Å². The second-order valence-corrected chi connectivity index (χ2v) is 7.03. The van der Waals surface area contributed by atoms with Gasteiger partial charge in [0.2, 0.25) is 10.0 Å². The molecule has 1 aliphatic rings. The van der Waals surface area contributed by atoms with Crippen LogP contribution in [0.1, 0.15) is 34.1 Å². The highest BCUT2D eigenvalue weighted by atomic mass is 32.2. The first-order chi connectivity index (χ1) is 5.80. The summed E-state index contributed by atoms with van der Waals surface area (Å²) < 4.78 is 25.0. The minimum absolute atomic E-state index is 0.151. The van der Waals surface area contributed by atoms with E-state index < -0.39 is 14.8 Å². The number of nitrogens with zero attached hydrogens (tertiary/aromatic N) is 1. The van der Waals surface area contributed by atoms with E-state index in [2.05, 4.69) is 0 Å². The van der Waals surface area contributed by atoms with Gasteiger partial charge < -0.3 is 0 Å². The predicted octanol–water partition coefficient (Wildman–Crippen LogP) is 1.46. The van der Waals surface area contributed by atoms with Gasteiger partial charge in [-0.2, -0.15) is 0 Å². The first-order valence-electron chi connectivity index (χ1n) is 4.80. The molecule has 0 aromatic heterocycles. The van der Waals surface area contributed by atoms with Gasteiger partial charge in [0.05, 0.1) is 4.75 Å². The van der Waals surface area contributed by atoms with Crippen LogP contribution < -0.4 is 0 Å². The fraction of sp³-hybridized carbons (Fsp3) is 1.00. The lowest BCUT2D eigenvalue weighted by atomic mass is 10.00. The third-order valence-corrected chi connectivity index (χ3v) is 6.06. The highest BCUT2D eigenvalue weighted by Gasteiger charge is 2.43. The Hall–Kier alpha value is -0.0900. The molecule has 0 radical (unpaired) electrons. The lowest BCUT2D eigenvalue weighted by molar-refractivity contribution is 0.289. The van der Waals surface area contributed by atoms with E-state index in [-0.39, 0.29) is 5.92 Å². The van der Waals surface area contributed by atoms with Crippen LogP contribution in [0.2, 0.25) is 0 Å². The van der Waals surface area contributed by atoms with E-state index in [0.717, 1.165) is 6.42 Å². The summed E-state index contributed by atoms with van der Waals surface area (Å²) in [5, 5.41) is 0. The van der Waals surface area contributed by atoms with E-state index in [1.165, 1.54) is 0 Å². The van der Waals surface area contributed by atoms with E-state index in [0.29, 0.717) is 13.1 Å². The fourth-order valence-electron chi connectivity index (χ4n) is 1.16. The quantitative estimate of drug-likeness (QED) is 0.699. The summed E-state index contributed by atoms with van der Waals surface area (Å²) in [4.78, 5) is 0. The lowest BCUT2D eigenvalue weighted by Crippen LogP contribution is -2.52. The Labute approximate surface area is 81.2 Å². The summed E-state index contributed by atoms with van der Waals surface area (Å²) in [5.41, 5.74) is 0. The van der Waals surface area contributed by atoms with Crippen LogP contribution in [0.25, 0.3) is 0 Å². The zero-order valence-electron chi connectivity index (χ0n) is 8.87. The van der Waals surface area contributed by atoms with Crippen molar-refractivity contribution < 1.29 is 8.42 Å². The van der Waals surface area contributed by atoms with E-state index in [4.69, 9.17) is 0 Å². The molecular formula is C9H19NO2S. The maximum absolute atomic E-state index is 12.0. The number of hydrogen-bond donors (Lipinski definition) is 0. The molecule has 0 aromatic carbocycles. The van der Waals surface area contributed by atoms with E-state index in [9.17, 15) is 8.42 Å². The Morgan fingerprint density at radius 3 is 1.92 bits per heavy atom. The molecule has 0 aromatic rings. The van der Waals surface area contributed by atoms with E-state index >= 15 is 0 Å². The second-order valence-electron chi connectivity index (χ2n) is 4.52. The molecule has 1 aliphatic heterocycles. The molecule has 0 N–H and O–H groups in total. The Bertz CT molecular complexity index is 276. The zero-order chi connectivity index (χ0) is 10.3. The van der Waals surface area contributed by atoms with Crippen molar-refractivity contribution in [2.24, 2.45) is 5.92 Å². The Kier molecular flexibility index (Phi) is 2.74. The van der Waals surface area contributed by atoms with Gasteiger partial charge in [-0.3, -0.25) is 0 Å². The lowest BCUT2D eigenvalue weighted by Gasteiger charge is -2.39. The zero-order valence-corrected chi connectivity index (χ0v) is 9.69. The summed E-state index contributed by atoms with van der Waals surface area (Å²) in [7, 11) is -3.07. The van der Waals surface area contributed by atoms with Crippen LogP contribution in [0, 0.1) is 5.92 Å². The van der Waals surface area contributed by atoms with Crippen LogP contribution in [0.15, 0.2) is 0 Å². The molecule has 1 fully saturated rings. The van der Waals surface area contributed by atoms with Crippen molar-refractivity contribution in [1.82, 2.24) is 4.31 Å². The average Bonchev–Trinajstić information content (AvgIpc) is 1.80. The number of hydrogen-bond acceptors (Lipinski definition) is 2. The first-order valence-corrected chi connectivity index (χ1v) is 6.24. The normalized spacial score (nSPS) is 20.4. The van der Waals surface area contributed by atoms with Crippen LogP contribution in [-0.4, -0.2) is 30.6 Å². The fourth-order valence-corrected chi connectivity index (χ4v) is 3.16. The van der Waals surface area contributed by atoms with Gasteiger partial charge in [-0.25, -0.2) is 12.7 Å². The first kappa shape index (κ1) is 11.0. The smallest absolute Gasteiger partial charge is 0.212 e. The third-order valence-electron chi connectivity index (χ3n) is 3.21. The molecule has 0 saturated carbocycles. The van der Waals surface area contributed by atoms with Crippen molar-refractivity contribution in [2.75, 3.05) is 13.1 Å². The van der Waals surface area contributed by atoms with Gasteiger partial charge in [0, 0.05) is 13.1 Å². The molecule has 13 heavy (non-hydrogen) atoms. The molecule has 0 aliphatic carbocycles. The maximum atomic E-state index is 12.0. The average molecular weight is 205 g/mol. The van der Waals surface area contributed by atoms with Crippen LogP contribution in [0.5, 0.6) is 0 Å². The summed E-state index contributed by atoms with van der Waals surface area (Å²) in [6.45, 7) is 8.95. The largest absolute Gasteiger partial charge is 0.219 e. The summed E-state index contributed by atoms with van der Waals surface area (Å²) in [6.07, 6.45) is 1.01. The van der Waals surface area contributed by atoms with Gasteiger partial charge in [0.1, 0.15) is 0 Å². The Morgan fingerprint density at radius 2 is 1.69 bits per heavy atom. The highest BCUT2D eigenvalue weighted by molar-refractivity contribution is 7.90. The molecule has 1 rings (SSSR count). The number of rotatable bonds is 3. The van der Waals surface area contributed by atoms with Crippen molar-refractivity contribution in [1.29, 1.82) is 0 Å². The highest BCUT2D eigenvalue weighted by Crippen LogP contribution is 2.31. The molecule has 0 bridgehead atoms. The summed E-state index contributed by atoms with van der Waals surface area (Å²) in [5.74, 6) is 0.151. The van der Waals surface area contributed by atoms with Gasteiger partial charge in [0.25, 0.3) is 0 Å². The molecule has 3 nitrogen and oxygen atoms in total. The molecule has 78 valence electrons. The molecule has 0 amide bonds. The van der Waals surface area contributed by atoms with Crippen molar-refractivity contribution in [3.05, 3.63) is 0 Å². The van der Waals surface area contributed by atoms with Gasteiger partial charge in [0.15, 0.2) is 0 Å². The molecular weight excluding hydrogens is 186 g/mol. The van der Waals surface area contributed by atoms with Crippen molar-refractivity contribution >= 4 is 10.0 Å². The van der Waals surface area contributed by atoms with Crippen molar-refractivity contribution in [2.45, 2.75) is 38.9 Å². The molecule has 0 atom stereocenters. The van der Waals surface area contributed by atoms with Crippen LogP contribution >= 0.6 is 0 Å². The third kappa shape index (κ3) is 1.62. The monoisotopic (exact) mass is 205 g/mol. The van der Waals surface area contributed by atoms with Crippen LogP contribution in [0.3, 0.4) is 0 Å². The SMILES string of the molecule is CC(C)C(C)(C)S(=O)(=O)N1CCC1. The standard InChI is InChI=1S/C9H19NO2S/c1-8(2)9(3,4)13(11,12)10-6-5-7-10/h8H,5-7H2,1-4H3. The maximum Gasteiger partial charge on any atom is 0.219 e. The Morgan fingerprint density at radius 1 is 1.23 bits per heavy atom.